The van der Waals surface area contributed by atoms with E-state index in [1.165, 1.54) is 5.56 Å². The third-order valence-corrected chi connectivity index (χ3v) is 3.71. The van der Waals surface area contributed by atoms with Crippen LogP contribution in [0, 0.1) is 0 Å². The van der Waals surface area contributed by atoms with Crippen LogP contribution in [-0.2, 0) is 21.4 Å². The normalized spacial score (nSPS) is 14.3. The first-order chi connectivity index (χ1) is 9.61. The van der Waals surface area contributed by atoms with Crippen LogP contribution in [-0.4, -0.2) is 34.2 Å². The van der Waals surface area contributed by atoms with Gasteiger partial charge in [-0.3, -0.25) is 4.79 Å². The van der Waals surface area contributed by atoms with Crippen LogP contribution in [0.25, 0.3) is 0 Å². The van der Waals surface area contributed by atoms with E-state index in [1.807, 2.05) is 24.3 Å². The average Bonchev–Trinajstić information content (AvgIpc) is 2.44. The number of carbonyl (C=O) groups is 2. The monoisotopic (exact) mass is 293 g/mol. The topological polar surface area (TPSA) is 86.6 Å². The Morgan fingerprint density at radius 3 is 2.10 bits per heavy atom. The summed E-state index contributed by atoms with van der Waals surface area (Å²) in [6.45, 7) is 6.40. The second-order valence-corrected chi connectivity index (χ2v) is 5.94. The molecule has 0 bridgehead atoms. The summed E-state index contributed by atoms with van der Waals surface area (Å²) in [6, 6.07) is 7.73. The molecule has 1 aromatic carbocycles. The van der Waals surface area contributed by atoms with Crippen molar-refractivity contribution in [2.24, 2.45) is 0 Å². The molecule has 5 heteroatoms. The molecule has 116 valence electrons. The van der Waals surface area contributed by atoms with Crippen LogP contribution < -0.4 is 5.32 Å². The molecule has 0 spiro atoms. The number of amides is 1. The summed E-state index contributed by atoms with van der Waals surface area (Å²) in [6.07, 6.45) is 0.925. The van der Waals surface area contributed by atoms with Gasteiger partial charge in [0, 0.05) is 0 Å². The van der Waals surface area contributed by atoms with Crippen molar-refractivity contribution in [2.75, 3.05) is 6.54 Å². The van der Waals surface area contributed by atoms with Gasteiger partial charge in [-0.2, -0.15) is 0 Å². The Hall–Kier alpha value is -1.88. The van der Waals surface area contributed by atoms with Crippen molar-refractivity contribution in [3.8, 4) is 0 Å². The van der Waals surface area contributed by atoms with E-state index in [0.717, 1.165) is 18.9 Å². The molecule has 0 aromatic heterocycles. The highest BCUT2D eigenvalue weighted by Gasteiger charge is 2.34. The maximum Gasteiger partial charge on any atom is 0.337 e. The second-order valence-electron chi connectivity index (χ2n) is 5.94. The fraction of sp³-hybridized carbons (Fsp3) is 0.500. The van der Waals surface area contributed by atoms with E-state index in [1.54, 1.807) is 13.8 Å². The number of aryl methyl sites for hydroxylation is 1. The SMILES string of the molecule is CCc1ccc(C(C)(C)C(=O)NCC(C)(O)C(=O)O)cc1. The lowest BCUT2D eigenvalue weighted by Crippen LogP contribution is -2.50. The first-order valence-electron chi connectivity index (χ1n) is 6.94. The molecule has 5 nitrogen and oxygen atoms in total. The molecule has 21 heavy (non-hydrogen) atoms. The van der Waals surface area contributed by atoms with Crippen molar-refractivity contribution < 1.29 is 19.8 Å². The van der Waals surface area contributed by atoms with Gasteiger partial charge in [0.2, 0.25) is 5.91 Å². The Balaban J connectivity index is 2.81. The van der Waals surface area contributed by atoms with Crippen LogP contribution in [0.1, 0.15) is 38.8 Å². The molecule has 0 fully saturated rings. The highest BCUT2D eigenvalue weighted by molar-refractivity contribution is 5.88. The number of carboxylic acids is 1. The molecule has 0 radical (unpaired) electrons. The smallest absolute Gasteiger partial charge is 0.337 e. The predicted molar refractivity (Wildman–Crippen MR) is 80.1 cm³/mol. The molecular weight excluding hydrogens is 270 g/mol. The van der Waals surface area contributed by atoms with Crippen LogP contribution in [0.15, 0.2) is 24.3 Å². The minimum atomic E-state index is -1.97. The maximum absolute atomic E-state index is 12.3. The molecule has 1 aromatic rings. The quantitative estimate of drug-likeness (QED) is 0.741. The summed E-state index contributed by atoms with van der Waals surface area (Å²) < 4.78 is 0. The van der Waals surface area contributed by atoms with Gasteiger partial charge in [0.05, 0.1) is 12.0 Å². The number of aliphatic carboxylic acids is 1. The second kappa shape index (κ2) is 6.26. The summed E-state index contributed by atoms with van der Waals surface area (Å²) in [5, 5.41) is 21.0. The third-order valence-electron chi connectivity index (χ3n) is 3.71. The van der Waals surface area contributed by atoms with Gasteiger partial charge >= 0.3 is 5.97 Å². The lowest BCUT2D eigenvalue weighted by Gasteiger charge is -2.26. The number of benzene rings is 1. The van der Waals surface area contributed by atoms with Gasteiger partial charge in [-0.15, -0.1) is 0 Å². The van der Waals surface area contributed by atoms with E-state index in [9.17, 15) is 14.7 Å². The fourth-order valence-electron chi connectivity index (χ4n) is 1.84. The largest absolute Gasteiger partial charge is 0.479 e. The number of rotatable bonds is 6. The molecule has 1 rings (SSSR count). The standard InChI is InChI=1S/C16H23NO4/c1-5-11-6-8-12(9-7-11)15(2,3)13(18)17-10-16(4,21)14(19)20/h6-9,21H,5,10H2,1-4H3,(H,17,18)(H,19,20). The first-order valence-corrected chi connectivity index (χ1v) is 6.94. The number of hydrogen-bond acceptors (Lipinski definition) is 3. The van der Waals surface area contributed by atoms with Gasteiger partial charge < -0.3 is 15.5 Å². The molecule has 3 N–H and O–H groups in total. The molecule has 0 aliphatic rings. The molecular formula is C16H23NO4. The van der Waals surface area contributed by atoms with E-state index in [2.05, 4.69) is 12.2 Å². The van der Waals surface area contributed by atoms with Crippen molar-refractivity contribution in [1.82, 2.24) is 5.32 Å². The minimum Gasteiger partial charge on any atom is -0.479 e. The molecule has 1 unspecified atom stereocenters. The van der Waals surface area contributed by atoms with Crippen molar-refractivity contribution in [3.63, 3.8) is 0 Å². The van der Waals surface area contributed by atoms with Crippen molar-refractivity contribution in [3.05, 3.63) is 35.4 Å². The van der Waals surface area contributed by atoms with Crippen LogP contribution in [0.4, 0.5) is 0 Å². The van der Waals surface area contributed by atoms with E-state index in [-0.39, 0.29) is 12.5 Å². The number of carbonyl (C=O) groups excluding carboxylic acids is 1. The van der Waals surface area contributed by atoms with Gasteiger partial charge in [-0.25, -0.2) is 4.79 Å². The minimum absolute atomic E-state index is 0.326. The molecule has 0 saturated carbocycles. The van der Waals surface area contributed by atoms with Gasteiger partial charge in [0.25, 0.3) is 0 Å². The summed E-state index contributed by atoms with van der Waals surface area (Å²) >= 11 is 0. The average molecular weight is 293 g/mol. The van der Waals surface area contributed by atoms with Crippen LogP contribution in [0.3, 0.4) is 0 Å². The summed E-state index contributed by atoms with van der Waals surface area (Å²) in [7, 11) is 0. The van der Waals surface area contributed by atoms with Gasteiger partial charge in [-0.05, 0) is 38.3 Å². The van der Waals surface area contributed by atoms with Gasteiger partial charge in [-0.1, -0.05) is 31.2 Å². The maximum atomic E-state index is 12.3. The zero-order chi connectivity index (χ0) is 16.3. The number of aliphatic hydroxyl groups is 1. The van der Waals surface area contributed by atoms with Crippen LogP contribution in [0.2, 0.25) is 0 Å². The fourth-order valence-corrected chi connectivity index (χ4v) is 1.84. The zero-order valence-corrected chi connectivity index (χ0v) is 12.9. The van der Waals surface area contributed by atoms with Crippen molar-refractivity contribution in [1.29, 1.82) is 0 Å². The lowest BCUT2D eigenvalue weighted by molar-refractivity contribution is -0.156. The van der Waals surface area contributed by atoms with Crippen molar-refractivity contribution >= 4 is 11.9 Å². The van der Waals surface area contributed by atoms with Gasteiger partial charge in [0.15, 0.2) is 5.60 Å². The van der Waals surface area contributed by atoms with Crippen LogP contribution in [0.5, 0.6) is 0 Å². The highest BCUT2D eigenvalue weighted by Crippen LogP contribution is 2.24. The summed E-state index contributed by atoms with van der Waals surface area (Å²) in [5.41, 5.74) is -0.755. The molecule has 1 atom stereocenters. The summed E-state index contributed by atoms with van der Waals surface area (Å²) in [4.78, 5) is 23.1. The Morgan fingerprint density at radius 2 is 1.67 bits per heavy atom. The Kier molecular flexibility index (Phi) is 5.12. The van der Waals surface area contributed by atoms with Crippen LogP contribution >= 0.6 is 0 Å². The Bertz CT molecular complexity index is 518. The molecule has 0 aliphatic carbocycles. The number of hydrogen-bond donors (Lipinski definition) is 3. The third kappa shape index (κ3) is 4.04. The Morgan fingerprint density at radius 1 is 1.14 bits per heavy atom. The van der Waals surface area contributed by atoms with E-state index in [0.29, 0.717) is 0 Å². The van der Waals surface area contributed by atoms with Gasteiger partial charge in [0.1, 0.15) is 0 Å². The van der Waals surface area contributed by atoms with E-state index in [4.69, 9.17) is 5.11 Å². The number of nitrogens with one attached hydrogen (secondary N) is 1. The van der Waals surface area contributed by atoms with E-state index < -0.39 is 17.0 Å². The summed E-state index contributed by atoms with van der Waals surface area (Å²) in [5.74, 6) is -1.69. The molecule has 0 aliphatic heterocycles. The Labute approximate surface area is 125 Å². The number of carboxylic acid groups (broad SMARTS) is 1. The predicted octanol–water partition coefficient (Wildman–Crippen LogP) is 1.48. The van der Waals surface area contributed by atoms with E-state index >= 15 is 0 Å². The highest BCUT2D eigenvalue weighted by atomic mass is 16.4. The lowest BCUT2D eigenvalue weighted by atomic mass is 9.83. The molecule has 1 amide bonds. The zero-order valence-electron chi connectivity index (χ0n) is 12.9. The first kappa shape index (κ1) is 17.2. The van der Waals surface area contributed by atoms with Crippen molar-refractivity contribution in [2.45, 2.75) is 45.1 Å². The molecule has 0 saturated heterocycles. The molecule has 0 heterocycles.